The molecule has 1 aliphatic rings. The quantitative estimate of drug-likeness (QED) is 0.555. The highest BCUT2D eigenvalue weighted by Crippen LogP contribution is 2.36. The van der Waals surface area contributed by atoms with E-state index in [1.54, 1.807) is 12.1 Å². The van der Waals surface area contributed by atoms with E-state index in [0.29, 0.717) is 27.5 Å². The average molecular weight is 466 g/mol. The Morgan fingerprint density at radius 2 is 2.00 bits per heavy atom. The van der Waals surface area contributed by atoms with Gasteiger partial charge in [0.25, 0.3) is 5.91 Å². The molecule has 0 unspecified atom stereocenters. The van der Waals surface area contributed by atoms with E-state index in [0.717, 1.165) is 22.1 Å². The molecular formula is C20H18BrClN2O2S. The number of thioether (sulfide) groups is 1. The lowest BCUT2D eigenvalue weighted by Gasteiger charge is -2.09. The SMILES string of the molecule is CCOc1c(Cl)cc(/C=C2\SC(=Nc3ccc(CC)cc3)NC2=O)cc1Br. The van der Waals surface area contributed by atoms with Gasteiger partial charge >= 0.3 is 0 Å². The Labute approximate surface area is 176 Å². The third-order valence-corrected chi connectivity index (χ3v) is 5.61. The van der Waals surface area contributed by atoms with E-state index in [-0.39, 0.29) is 5.91 Å². The number of nitrogens with one attached hydrogen (secondary N) is 1. The van der Waals surface area contributed by atoms with Gasteiger partial charge in [-0.3, -0.25) is 4.79 Å². The molecule has 0 radical (unpaired) electrons. The monoisotopic (exact) mass is 464 g/mol. The zero-order valence-electron chi connectivity index (χ0n) is 14.9. The van der Waals surface area contributed by atoms with Gasteiger partial charge in [0.05, 0.1) is 26.7 Å². The predicted octanol–water partition coefficient (Wildman–Crippen LogP) is 5.96. The molecule has 0 aliphatic carbocycles. The molecule has 0 atom stereocenters. The number of aryl methyl sites for hydroxylation is 1. The summed E-state index contributed by atoms with van der Waals surface area (Å²) in [5.41, 5.74) is 2.87. The number of amides is 1. The predicted molar refractivity (Wildman–Crippen MR) is 117 cm³/mol. The molecule has 2 aromatic rings. The Hall–Kier alpha value is -1.76. The van der Waals surface area contributed by atoms with E-state index in [1.165, 1.54) is 17.3 Å². The second-order valence-electron chi connectivity index (χ2n) is 5.75. The zero-order valence-corrected chi connectivity index (χ0v) is 18.0. The molecule has 27 heavy (non-hydrogen) atoms. The van der Waals surface area contributed by atoms with Crippen molar-refractivity contribution in [3.63, 3.8) is 0 Å². The molecule has 0 aromatic heterocycles. The minimum atomic E-state index is -0.176. The summed E-state index contributed by atoms with van der Waals surface area (Å²) in [6.07, 6.45) is 2.77. The van der Waals surface area contributed by atoms with Crippen LogP contribution in [0.5, 0.6) is 5.75 Å². The molecule has 140 valence electrons. The summed E-state index contributed by atoms with van der Waals surface area (Å²) < 4.78 is 6.26. The molecule has 7 heteroatoms. The second-order valence-corrected chi connectivity index (χ2v) is 8.04. The Bertz CT molecular complexity index is 903. The highest BCUT2D eigenvalue weighted by molar-refractivity contribution is 9.10. The smallest absolute Gasteiger partial charge is 0.264 e. The first-order chi connectivity index (χ1) is 13.0. The van der Waals surface area contributed by atoms with Crippen LogP contribution < -0.4 is 10.1 Å². The van der Waals surface area contributed by atoms with Crippen molar-refractivity contribution in [3.8, 4) is 5.75 Å². The van der Waals surface area contributed by atoms with E-state index in [1.807, 2.05) is 37.3 Å². The number of ether oxygens (including phenoxy) is 1. The number of hydrogen-bond donors (Lipinski definition) is 1. The third-order valence-electron chi connectivity index (χ3n) is 3.83. The van der Waals surface area contributed by atoms with Crippen molar-refractivity contribution in [2.24, 2.45) is 4.99 Å². The first-order valence-corrected chi connectivity index (χ1v) is 10.5. The molecule has 1 aliphatic heterocycles. The van der Waals surface area contributed by atoms with Crippen LogP contribution >= 0.6 is 39.3 Å². The number of carbonyl (C=O) groups is 1. The Kier molecular flexibility index (Phi) is 6.63. The standard InChI is InChI=1S/C20H18BrClN2O2S/c1-3-12-5-7-14(8-6-12)23-20-24-19(25)17(27-20)11-13-9-15(21)18(26-4-2)16(22)10-13/h5-11H,3-4H2,1-2H3,(H,23,24,25)/b17-11-. The maximum absolute atomic E-state index is 12.3. The van der Waals surface area contributed by atoms with Gasteiger partial charge in [-0.2, -0.15) is 0 Å². The van der Waals surface area contributed by atoms with Gasteiger partial charge in [0, 0.05) is 0 Å². The normalized spacial score (nSPS) is 16.8. The minimum absolute atomic E-state index is 0.176. The van der Waals surface area contributed by atoms with Gasteiger partial charge in [0.2, 0.25) is 0 Å². The van der Waals surface area contributed by atoms with Crippen LogP contribution in [0.1, 0.15) is 25.0 Å². The number of halogens is 2. The lowest BCUT2D eigenvalue weighted by molar-refractivity contribution is -0.115. The van der Waals surface area contributed by atoms with Crippen LogP contribution in [0.25, 0.3) is 6.08 Å². The van der Waals surface area contributed by atoms with Crippen LogP contribution in [-0.2, 0) is 11.2 Å². The summed E-state index contributed by atoms with van der Waals surface area (Å²) in [7, 11) is 0. The average Bonchev–Trinajstić information content (AvgIpc) is 2.98. The van der Waals surface area contributed by atoms with Crippen molar-refractivity contribution in [2.45, 2.75) is 20.3 Å². The Morgan fingerprint density at radius 1 is 1.26 bits per heavy atom. The van der Waals surface area contributed by atoms with Gasteiger partial charge in [0.1, 0.15) is 0 Å². The third kappa shape index (κ3) is 4.94. The fraction of sp³-hybridized carbons (Fsp3) is 0.200. The topological polar surface area (TPSA) is 50.7 Å². The molecule has 1 heterocycles. The Balaban J connectivity index is 1.81. The van der Waals surface area contributed by atoms with Gasteiger partial charge < -0.3 is 10.1 Å². The van der Waals surface area contributed by atoms with Gasteiger partial charge in [-0.1, -0.05) is 30.7 Å². The van der Waals surface area contributed by atoms with Crippen LogP contribution in [-0.4, -0.2) is 17.7 Å². The van der Waals surface area contributed by atoms with Crippen LogP contribution in [0.3, 0.4) is 0 Å². The highest BCUT2D eigenvalue weighted by atomic mass is 79.9. The van der Waals surface area contributed by atoms with E-state index < -0.39 is 0 Å². The molecule has 3 rings (SSSR count). The molecule has 1 saturated heterocycles. The lowest BCUT2D eigenvalue weighted by atomic mass is 10.2. The summed E-state index contributed by atoms with van der Waals surface area (Å²) in [6, 6.07) is 11.6. The van der Waals surface area contributed by atoms with Crippen LogP contribution in [0.4, 0.5) is 5.69 Å². The molecule has 1 fully saturated rings. The molecule has 2 aromatic carbocycles. The van der Waals surface area contributed by atoms with E-state index in [2.05, 4.69) is 33.2 Å². The van der Waals surface area contributed by atoms with Gasteiger partial charge in [-0.05, 0) is 82.5 Å². The molecule has 0 spiro atoms. The first-order valence-electron chi connectivity index (χ1n) is 8.50. The molecule has 1 N–H and O–H groups in total. The van der Waals surface area contributed by atoms with Crippen molar-refractivity contribution < 1.29 is 9.53 Å². The molecular weight excluding hydrogens is 448 g/mol. The van der Waals surface area contributed by atoms with E-state index >= 15 is 0 Å². The minimum Gasteiger partial charge on any atom is -0.491 e. The summed E-state index contributed by atoms with van der Waals surface area (Å²) in [5.74, 6) is 0.424. The van der Waals surface area contributed by atoms with Crippen molar-refractivity contribution >= 4 is 62.1 Å². The fourth-order valence-corrected chi connectivity index (χ4v) is 4.33. The molecule has 1 amide bonds. The van der Waals surface area contributed by atoms with Crippen molar-refractivity contribution in [1.29, 1.82) is 0 Å². The van der Waals surface area contributed by atoms with Crippen molar-refractivity contribution in [1.82, 2.24) is 5.32 Å². The van der Waals surface area contributed by atoms with Gasteiger partial charge in [-0.25, -0.2) is 4.99 Å². The number of carbonyl (C=O) groups excluding carboxylic acids is 1. The number of benzene rings is 2. The number of hydrogen-bond acceptors (Lipinski definition) is 4. The number of amidine groups is 1. The maximum Gasteiger partial charge on any atom is 0.264 e. The van der Waals surface area contributed by atoms with Crippen LogP contribution in [0.2, 0.25) is 5.02 Å². The largest absolute Gasteiger partial charge is 0.491 e. The van der Waals surface area contributed by atoms with Crippen molar-refractivity contribution in [3.05, 3.63) is 61.9 Å². The first kappa shape index (κ1) is 20.0. The summed E-state index contributed by atoms with van der Waals surface area (Å²) in [5, 5.41) is 3.85. The number of aliphatic imine (C=N–C) groups is 1. The van der Waals surface area contributed by atoms with E-state index in [9.17, 15) is 4.79 Å². The number of rotatable bonds is 5. The van der Waals surface area contributed by atoms with Crippen molar-refractivity contribution in [2.75, 3.05) is 6.61 Å². The molecule has 0 bridgehead atoms. The highest BCUT2D eigenvalue weighted by Gasteiger charge is 2.24. The molecule has 0 saturated carbocycles. The summed E-state index contributed by atoms with van der Waals surface area (Å²) in [4.78, 5) is 17.3. The second kappa shape index (κ2) is 8.95. The van der Waals surface area contributed by atoms with Gasteiger partial charge in [-0.15, -0.1) is 0 Å². The lowest BCUT2D eigenvalue weighted by Crippen LogP contribution is -2.19. The van der Waals surface area contributed by atoms with Crippen LogP contribution in [0.15, 0.2) is 50.8 Å². The van der Waals surface area contributed by atoms with Crippen LogP contribution in [0, 0.1) is 0 Å². The molecule has 4 nitrogen and oxygen atoms in total. The summed E-state index contributed by atoms with van der Waals surface area (Å²) >= 11 is 11.0. The van der Waals surface area contributed by atoms with E-state index in [4.69, 9.17) is 16.3 Å². The maximum atomic E-state index is 12.3. The summed E-state index contributed by atoms with van der Waals surface area (Å²) in [6.45, 7) is 4.53. The fourth-order valence-electron chi connectivity index (χ4n) is 2.50. The number of nitrogens with zero attached hydrogens (tertiary/aromatic N) is 1. The van der Waals surface area contributed by atoms with Gasteiger partial charge in [0.15, 0.2) is 10.9 Å². The Morgan fingerprint density at radius 3 is 2.63 bits per heavy atom. The zero-order chi connectivity index (χ0) is 19.4.